The lowest BCUT2D eigenvalue weighted by Gasteiger charge is -2.27. The van der Waals surface area contributed by atoms with Crippen molar-refractivity contribution in [1.82, 2.24) is 0 Å². The first-order valence-electron chi connectivity index (χ1n) is 15.3. The van der Waals surface area contributed by atoms with Crippen molar-refractivity contribution in [2.75, 3.05) is 34.4 Å². The molecule has 4 aromatic rings. The number of hydrogen-bond acceptors (Lipinski definition) is 8. The fourth-order valence-electron chi connectivity index (χ4n) is 5.97. The van der Waals surface area contributed by atoms with Gasteiger partial charge in [0, 0.05) is 19.5 Å². The highest BCUT2D eigenvalue weighted by molar-refractivity contribution is 7.86. The Labute approximate surface area is 275 Å². The van der Waals surface area contributed by atoms with Crippen LogP contribution in [0.2, 0.25) is 0 Å². The van der Waals surface area contributed by atoms with E-state index in [4.69, 9.17) is 9.47 Å². The maximum absolute atomic E-state index is 11.8. The molecule has 2 atom stereocenters. The van der Waals surface area contributed by atoms with Crippen LogP contribution in [-0.2, 0) is 20.2 Å². The Hall–Kier alpha value is -4.36. The van der Waals surface area contributed by atoms with Crippen molar-refractivity contribution in [3.63, 3.8) is 0 Å². The van der Waals surface area contributed by atoms with Crippen molar-refractivity contribution in [2.45, 2.75) is 32.2 Å². The summed E-state index contributed by atoms with van der Waals surface area (Å²) < 4.78 is 79.0. The van der Waals surface area contributed by atoms with Crippen LogP contribution in [0.1, 0.15) is 19.8 Å². The molecule has 0 saturated heterocycles. The van der Waals surface area contributed by atoms with Gasteiger partial charge in [-0.25, -0.2) is 0 Å². The Bertz CT molecular complexity index is 1980. The van der Waals surface area contributed by atoms with Gasteiger partial charge in [-0.15, -0.1) is 0 Å². The summed E-state index contributed by atoms with van der Waals surface area (Å²) in [5.74, 6) is 0.241. The van der Waals surface area contributed by atoms with E-state index in [0.29, 0.717) is 30.0 Å². The number of rotatable bonds is 12. The maximum atomic E-state index is 11.8. The predicted molar refractivity (Wildman–Crippen MR) is 183 cm³/mol. The fourth-order valence-corrected chi connectivity index (χ4v) is 6.83. The number of nitrogens with zero attached hydrogens (tertiary/aromatic N) is 2. The monoisotopic (exact) mass is 676 g/mol. The second kappa shape index (κ2) is 13.4. The van der Waals surface area contributed by atoms with E-state index < -0.39 is 44.2 Å². The van der Waals surface area contributed by atoms with Crippen LogP contribution < -0.4 is 19.3 Å². The number of ether oxygens (including phenoxy) is 2. The zero-order chi connectivity index (χ0) is 33.2. The number of anilines is 2. The minimum absolute atomic E-state index is 0.00362. The van der Waals surface area contributed by atoms with Crippen molar-refractivity contribution in [3.8, 4) is 33.8 Å². The number of benzene rings is 4. The summed E-state index contributed by atoms with van der Waals surface area (Å²) in [7, 11) is -8.49. The van der Waals surface area contributed by atoms with Crippen molar-refractivity contribution < 1.29 is 35.4 Å². The van der Waals surface area contributed by atoms with E-state index in [1.165, 1.54) is 0 Å². The van der Waals surface area contributed by atoms with Gasteiger partial charge in [0.25, 0.3) is 20.2 Å². The van der Waals surface area contributed by atoms with Gasteiger partial charge in [0.1, 0.15) is 11.5 Å². The van der Waals surface area contributed by atoms with Gasteiger partial charge >= 0.3 is 0 Å². The highest BCUT2D eigenvalue weighted by Crippen LogP contribution is 2.43. The molecule has 0 radical (unpaired) electrons. The average Bonchev–Trinajstić information content (AvgIpc) is 3.58. The zero-order valence-corrected chi connectivity index (χ0v) is 27.4. The summed E-state index contributed by atoms with van der Waals surface area (Å²) in [5, 5.41) is 0. The van der Waals surface area contributed by atoms with Gasteiger partial charge in [-0.2, -0.15) is 16.8 Å². The quantitative estimate of drug-likeness (QED) is 0.131. The van der Waals surface area contributed by atoms with Gasteiger partial charge in [0.15, 0.2) is 12.5 Å². The minimum atomic E-state index is -4.25. The van der Waals surface area contributed by atoms with Gasteiger partial charge in [-0.3, -0.25) is 9.11 Å². The van der Waals surface area contributed by atoms with E-state index >= 15 is 0 Å². The summed E-state index contributed by atoms with van der Waals surface area (Å²) in [4.78, 5) is 3.67. The lowest BCUT2D eigenvalue weighted by atomic mass is 10.0. The highest BCUT2D eigenvalue weighted by atomic mass is 32.2. The second-order valence-corrected chi connectivity index (χ2v) is 14.7. The third-order valence-corrected chi connectivity index (χ3v) is 9.76. The summed E-state index contributed by atoms with van der Waals surface area (Å²) in [6.07, 6.45) is 1.69. The number of fused-ring (bicyclic) bond motifs is 2. The van der Waals surface area contributed by atoms with Crippen LogP contribution in [0.5, 0.6) is 11.5 Å². The Morgan fingerprint density at radius 3 is 1.68 bits per heavy atom. The molecule has 0 saturated carbocycles. The van der Waals surface area contributed by atoms with E-state index in [2.05, 4.69) is 0 Å². The largest absolute Gasteiger partial charge is 0.468 e. The van der Waals surface area contributed by atoms with Crippen molar-refractivity contribution >= 4 is 31.6 Å². The Balaban J connectivity index is 1.29. The Kier molecular flexibility index (Phi) is 9.29. The minimum Gasteiger partial charge on any atom is -0.468 e. The molecule has 2 aliphatic rings. The smallest absolute Gasteiger partial charge is 0.266 e. The molecule has 4 aromatic carbocycles. The van der Waals surface area contributed by atoms with Crippen molar-refractivity contribution in [1.29, 1.82) is 0 Å². The van der Waals surface area contributed by atoms with E-state index in [1.54, 1.807) is 0 Å². The molecule has 47 heavy (non-hydrogen) atoms. The molecule has 2 N–H and O–H groups in total. The molecule has 0 aromatic heterocycles. The van der Waals surface area contributed by atoms with Crippen LogP contribution in [0.25, 0.3) is 22.3 Å². The Morgan fingerprint density at radius 2 is 1.17 bits per heavy atom. The molecular formula is C35H36N2O8S2. The molecule has 2 aliphatic heterocycles. The average molecular weight is 677 g/mol. The molecule has 0 aliphatic carbocycles. The topological polar surface area (TPSA) is 134 Å². The molecule has 12 heteroatoms. The first-order chi connectivity index (χ1) is 22.5. The van der Waals surface area contributed by atoms with Crippen LogP contribution in [0.4, 0.5) is 11.4 Å². The van der Waals surface area contributed by atoms with E-state index in [9.17, 15) is 25.9 Å². The van der Waals surface area contributed by atoms with Crippen LogP contribution in [-0.4, -0.2) is 63.0 Å². The predicted octanol–water partition coefficient (Wildman–Crippen LogP) is 6.27. The summed E-state index contributed by atoms with van der Waals surface area (Å²) in [6, 6.07) is 31.1. The molecule has 0 spiro atoms. The Morgan fingerprint density at radius 1 is 0.681 bits per heavy atom. The van der Waals surface area contributed by atoms with Gasteiger partial charge < -0.3 is 19.3 Å². The zero-order valence-electron chi connectivity index (χ0n) is 25.8. The molecule has 6 rings (SSSR count). The van der Waals surface area contributed by atoms with E-state index in [0.717, 1.165) is 33.5 Å². The molecule has 246 valence electrons. The SMILES string of the molecule is CC/C(=C/C1Oc2ccc(-c3ccccc3)cc2N1CCS(=O)(=O)O)CC1Oc2ccc(-c3ccccc3)cc2N1CCS(=O)(=O)O. The normalized spacial score (nSPS) is 17.6. The van der Waals surface area contributed by atoms with Crippen molar-refractivity contribution in [3.05, 3.63) is 109 Å². The van der Waals surface area contributed by atoms with Crippen LogP contribution >= 0.6 is 0 Å². The summed E-state index contributed by atoms with van der Waals surface area (Å²) in [6.45, 7) is 2.00. The third-order valence-electron chi connectivity index (χ3n) is 8.37. The first-order valence-corrected chi connectivity index (χ1v) is 18.5. The molecular weight excluding hydrogens is 641 g/mol. The molecule has 2 unspecified atom stereocenters. The molecule has 2 heterocycles. The number of hydrogen-bond donors (Lipinski definition) is 2. The molecule has 0 bridgehead atoms. The summed E-state index contributed by atoms with van der Waals surface area (Å²) >= 11 is 0. The van der Waals surface area contributed by atoms with Crippen LogP contribution in [0.15, 0.2) is 109 Å². The first kappa shape index (κ1) is 32.6. The second-order valence-electron chi connectivity index (χ2n) is 11.5. The van der Waals surface area contributed by atoms with Gasteiger partial charge in [0.2, 0.25) is 0 Å². The van der Waals surface area contributed by atoms with Gasteiger partial charge in [-0.05, 0) is 59.0 Å². The van der Waals surface area contributed by atoms with E-state index in [1.807, 2.05) is 120 Å². The molecule has 0 fully saturated rings. The van der Waals surface area contributed by atoms with E-state index in [-0.39, 0.29) is 13.1 Å². The molecule has 10 nitrogen and oxygen atoms in total. The fraction of sp³-hybridized carbons (Fsp3) is 0.257. The van der Waals surface area contributed by atoms with Crippen molar-refractivity contribution in [2.24, 2.45) is 0 Å². The van der Waals surface area contributed by atoms with Crippen LogP contribution in [0.3, 0.4) is 0 Å². The standard InChI is InChI=1S/C35H36N2O8S2/c1-2-25(21-34-36(17-19-46(38,39)40)30-23-28(13-15-32(30)44-34)26-9-5-3-6-10-26)22-35-37(18-20-47(41,42)43)31-24-29(14-16-33(31)45-35)27-11-7-4-8-12-27/h3-16,21,23-24,34-35H,2,17-20,22H2,1H3,(H,38,39,40)(H,41,42,43)/b25-21-. The van der Waals surface area contributed by atoms with Crippen LogP contribution in [0, 0.1) is 0 Å². The lowest BCUT2D eigenvalue weighted by Crippen LogP contribution is -2.39. The third kappa shape index (κ3) is 7.79. The van der Waals surface area contributed by atoms with Gasteiger partial charge in [-0.1, -0.05) is 85.3 Å². The van der Waals surface area contributed by atoms with Gasteiger partial charge in [0.05, 0.1) is 22.9 Å². The maximum Gasteiger partial charge on any atom is 0.266 e. The highest BCUT2D eigenvalue weighted by Gasteiger charge is 2.35. The lowest BCUT2D eigenvalue weighted by molar-refractivity contribution is 0.222. The molecule has 0 amide bonds. The summed E-state index contributed by atoms with van der Waals surface area (Å²) in [5.41, 5.74) is 6.24.